The maximum Gasteiger partial charge on any atom is 0.257 e. The molecule has 9 heteroatoms. The molecule has 0 fully saturated rings. The lowest BCUT2D eigenvalue weighted by molar-refractivity contribution is -0.116. The van der Waals surface area contributed by atoms with E-state index < -0.39 is 5.91 Å². The Morgan fingerprint density at radius 2 is 1.77 bits per heavy atom. The Bertz CT molecular complexity index is 1070. The van der Waals surface area contributed by atoms with Crippen LogP contribution in [0.3, 0.4) is 0 Å². The standard InChI is InChI=1S/C22H21Cl2N3O4/c1-13-16(14(2)31-26-13)12-30-19-10-5-4-7-15(19)22(29)27(3)11-20(28)25-21-17(23)8-6-9-18(21)24/h4-10H,11-12H2,1-3H3,(H,25,28). The predicted octanol–water partition coefficient (Wildman–Crippen LogP) is 4.89. The van der Waals surface area contributed by atoms with Crippen LogP contribution in [0.2, 0.25) is 10.0 Å². The molecule has 0 unspecified atom stereocenters. The van der Waals surface area contributed by atoms with Gasteiger partial charge in [0, 0.05) is 7.05 Å². The number of hydrogen-bond acceptors (Lipinski definition) is 5. The number of hydrogen-bond donors (Lipinski definition) is 1. The monoisotopic (exact) mass is 461 g/mol. The fraction of sp³-hybridized carbons (Fsp3) is 0.227. The van der Waals surface area contributed by atoms with E-state index in [9.17, 15) is 9.59 Å². The van der Waals surface area contributed by atoms with E-state index in [1.165, 1.54) is 11.9 Å². The second-order valence-corrected chi connectivity index (χ2v) is 7.71. The van der Waals surface area contributed by atoms with Crippen LogP contribution in [-0.2, 0) is 11.4 Å². The molecule has 1 aromatic heterocycles. The molecule has 1 heterocycles. The third-order valence-electron chi connectivity index (χ3n) is 4.63. The minimum absolute atomic E-state index is 0.196. The topological polar surface area (TPSA) is 84.7 Å². The van der Waals surface area contributed by atoms with E-state index in [1.807, 2.05) is 6.92 Å². The summed E-state index contributed by atoms with van der Waals surface area (Å²) < 4.78 is 11.0. The number of aromatic nitrogens is 1. The molecule has 0 aliphatic rings. The van der Waals surface area contributed by atoms with Crippen molar-refractivity contribution in [3.63, 3.8) is 0 Å². The molecule has 2 amide bonds. The van der Waals surface area contributed by atoms with Crippen LogP contribution in [0, 0.1) is 13.8 Å². The molecular formula is C22H21Cl2N3O4. The molecule has 31 heavy (non-hydrogen) atoms. The van der Waals surface area contributed by atoms with Crippen molar-refractivity contribution in [1.29, 1.82) is 0 Å². The Morgan fingerprint density at radius 1 is 1.10 bits per heavy atom. The Balaban J connectivity index is 1.68. The van der Waals surface area contributed by atoms with Gasteiger partial charge in [-0.25, -0.2) is 0 Å². The first-order valence-electron chi connectivity index (χ1n) is 9.40. The summed E-state index contributed by atoms with van der Waals surface area (Å²) in [6, 6.07) is 11.7. The largest absolute Gasteiger partial charge is 0.488 e. The van der Waals surface area contributed by atoms with Crippen molar-refractivity contribution in [3.05, 3.63) is 75.1 Å². The number of carbonyl (C=O) groups is 2. The van der Waals surface area contributed by atoms with Crippen molar-refractivity contribution in [2.24, 2.45) is 0 Å². The van der Waals surface area contributed by atoms with Gasteiger partial charge in [0.1, 0.15) is 18.1 Å². The Kier molecular flexibility index (Phi) is 7.20. The van der Waals surface area contributed by atoms with E-state index in [4.69, 9.17) is 32.5 Å². The lowest BCUT2D eigenvalue weighted by Crippen LogP contribution is -2.35. The third-order valence-corrected chi connectivity index (χ3v) is 5.26. The summed E-state index contributed by atoms with van der Waals surface area (Å²) in [5.74, 6) is 0.261. The van der Waals surface area contributed by atoms with Crippen LogP contribution in [0.5, 0.6) is 5.75 Å². The smallest absolute Gasteiger partial charge is 0.257 e. The van der Waals surface area contributed by atoms with Crippen LogP contribution in [0.1, 0.15) is 27.4 Å². The number of benzene rings is 2. The van der Waals surface area contributed by atoms with Gasteiger partial charge in [0.05, 0.1) is 39.1 Å². The van der Waals surface area contributed by atoms with Gasteiger partial charge in [-0.2, -0.15) is 0 Å². The normalized spacial score (nSPS) is 10.6. The molecule has 0 bridgehead atoms. The van der Waals surface area contributed by atoms with Crippen molar-refractivity contribution in [3.8, 4) is 5.75 Å². The van der Waals surface area contributed by atoms with Gasteiger partial charge < -0.3 is 19.5 Å². The zero-order valence-electron chi connectivity index (χ0n) is 17.2. The Hall–Kier alpha value is -3.03. The molecule has 1 N–H and O–H groups in total. The second-order valence-electron chi connectivity index (χ2n) is 6.89. The van der Waals surface area contributed by atoms with E-state index in [0.29, 0.717) is 32.8 Å². The molecule has 162 valence electrons. The number of likely N-dealkylation sites (N-methyl/N-ethyl adjacent to an activating group) is 1. The van der Waals surface area contributed by atoms with Crippen LogP contribution < -0.4 is 10.1 Å². The van der Waals surface area contributed by atoms with Crippen LogP contribution in [0.4, 0.5) is 5.69 Å². The first-order valence-corrected chi connectivity index (χ1v) is 10.2. The summed E-state index contributed by atoms with van der Waals surface area (Å²) in [5, 5.41) is 7.17. The van der Waals surface area contributed by atoms with Gasteiger partial charge >= 0.3 is 0 Å². The van der Waals surface area contributed by atoms with Gasteiger partial charge in [-0.15, -0.1) is 0 Å². The molecule has 0 aliphatic carbocycles. The quantitative estimate of drug-likeness (QED) is 0.541. The van der Waals surface area contributed by atoms with Gasteiger partial charge in [-0.05, 0) is 38.1 Å². The fourth-order valence-corrected chi connectivity index (χ4v) is 3.41. The molecule has 0 spiro atoms. The fourth-order valence-electron chi connectivity index (χ4n) is 2.92. The summed E-state index contributed by atoms with van der Waals surface area (Å²) in [6.07, 6.45) is 0. The summed E-state index contributed by atoms with van der Waals surface area (Å²) in [7, 11) is 1.53. The lowest BCUT2D eigenvalue weighted by atomic mass is 10.1. The number of carbonyl (C=O) groups excluding carboxylic acids is 2. The van der Waals surface area contributed by atoms with Gasteiger partial charge in [-0.3, -0.25) is 9.59 Å². The number of halogens is 2. The number of rotatable bonds is 7. The van der Waals surface area contributed by atoms with Crippen LogP contribution in [0.25, 0.3) is 0 Å². The zero-order valence-corrected chi connectivity index (χ0v) is 18.8. The van der Waals surface area contributed by atoms with Crippen molar-refractivity contribution >= 4 is 40.7 Å². The highest BCUT2D eigenvalue weighted by molar-refractivity contribution is 6.39. The first kappa shape index (κ1) is 22.7. The number of nitrogens with zero attached hydrogens (tertiary/aromatic N) is 2. The van der Waals surface area contributed by atoms with Crippen LogP contribution in [-0.4, -0.2) is 35.5 Å². The second kappa shape index (κ2) is 9.85. The van der Waals surface area contributed by atoms with E-state index >= 15 is 0 Å². The highest BCUT2D eigenvalue weighted by Gasteiger charge is 2.20. The predicted molar refractivity (Wildman–Crippen MR) is 119 cm³/mol. The number of aryl methyl sites for hydroxylation is 2. The van der Waals surface area contributed by atoms with E-state index in [1.54, 1.807) is 49.4 Å². The molecule has 0 aliphatic heterocycles. The first-order chi connectivity index (χ1) is 14.8. The van der Waals surface area contributed by atoms with Crippen LogP contribution in [0.15, 0.2) is 47.0 Å². The van der Waals surface area contributed by atoms with Crippen molar-refractivity contribution in [1.82, 2.24) is 10.1 Å². The average Bonchev–Trinajstić information content (AvgIpc) is 3.06. The number of amides is 2. The minimum Gasteiger partial charge on any atom is -0.488 e. The minimum atomic E-state index is -0.431. The zero-order chi connectivity index (χ0) is 22.5. The summed E-state index contributed by atoms with van der Waals surface area (Å²) in [5.41, 5.74) is 2.19. The number of para-hydroxylation sites is 2. The summed E-state index contributed by atoms with van der Waals surface area (Å²) >= 11 is 12.2. The average molecular weight is 462 g/mol. The SMILES string of the molecule is Cc1noc(C)c1COc1ccccc1C(=O)N(C)CC(=O)Nc1c(Cl)cccc1Cl. The lowest BCUT2D eigenvalue weighted by Gasteiger charge is -2.19. The van der Waals surface area contributed by atoms with Crippen LogP contribution >= 0.6 is 23.2 Å². The maximum atomic E-state index is 13.0. The van der Waals surface area contributed by atoms with Gasteiger partial charge in [0.25, 0.3) is 5.91 Å². The summed E-state index contributed by atoms with van der Waals surface area (Å²) in [6.45, 7) is 3.64. The number of nitrogens with one attached hydrogen (secondary N) is 1. The van der Waals surface area contributed by atoms with E-state index in [-0.39, 0.29) is 19.1 Å². The molecule has 0 saturated heterocycles. The highest BCUT2D eigenvalue weighted by atomic mass is 35.5. The molecule has 2 aromatic carbocycles. The molecular weight excluding hydrogens is 441 g/mol. The molecule has 3 aromatic rings. The van der Waals surface area contributed by atoms with Gasteiger partial charge in [0.15, 0.2) is 0 Å². The number of anilines is 1. The molecule has 3 rings (SSSR count). The molecule has 0 radical (unpaired) electrons. The summed E-state index contributed by atoms with van der Waals surface area (Å²) in [4.78, 5) is 26.7. The molecule has 0 atom stereocenters. The molecule has 7 nitrogen and oxygen atoms in total. The number of ether oxygens (including phenoxy) is 1. The van der Waals surface area contributed by atoms with Crippen molar-refractivity contribution < 1.29 is 18.8 Å². The van der Waals surface area contributed by atoms with Gasteiger partial charge in [0.2, 0.25) is 5.91 Å². The molecule has 0 saturated carbocycles. The van der Waals surface area contributed by atoms with Crippen molar-refractivity contribution in [2.45, 2.75) is 20.5 Å². The van der Waals surface area contributed by atoms with Gasteiger partial charge in [-0.1, -0.05) is 46.6 Å². The Morgan fingerprint density at radius 3 is 2.42 bits per heavy atom. The van der Waals surface area contributed by atoms with E-state index in [2.05, 4.69) is 10.5 Å². The Labute approximate surface area is 189 Å². The maximum absolute atomic E-state index is 13.0. The van der Waals surface area contributed by atoms with Crippen molar-refractivity contribution in [2.75, 3.05) is 18.9 Å². The van der Waals surface area contributed by atoms with E-state index in [0.717, 1.165) is 11.3 Å². The highest BCUT2D eigenvalue weighted by Crippen LogP contribution is 2.29. The third kappa shape index (κ3) is 5.37.